The van der Waals surface area contributed by atoms with E-state index in [1.165, 1.54) is 6.92 Å². The monoisotopic (exact) mass is 311 g/mol. The number of H-pyrrole nitrogens is 1. The molecule has 0 saturated heterocycles. The second-order valence-electron chi connectivity index (χ2n) is 5.04. The Morgan fingerprint density at radius 2 is 2.14 bits per heavy atom. The molecule has 7 nitrogen and oxygen atoms in total. The molecule has 0 aliphatic rings. The third kappa shape index (κ3) is 5.87. The Kier molecular flexibility index (Phi) is 7.62. The second kappa shape index (κ2) is 9.22. The SMILES string of the molecule is CCOC(=O)c1c(C)c[nH]c1CCC(O)NCCNC(C)=O. The molecule has 22 heavy (non-hydrogen) atoms. The van der Waals surface area contributed by atoms with Gasteiger partial charge in [0.25, 0.3) is 0 Å². The number of carbonyl (C=O) groups is 2. The normalized spacial score (nSPS) is 12.0. The molecule has 0 aliphatic heterocycles. The molecule has 0 spiro atoms. The van der Waals surface area contributed by atoms with Crippen molar-refractivity contribution in [1.29, 1.82) is 0 Å². The van der Waals surface area contributed by atoms with Gasteiger partial charge in [-0.05, 0) is 32.3 Å². The van der Waals surface area contributed by atoms with Gasteiger partial charge in [-0.2, -0.15) is 0 Å². The minimum absolute atomic E-state index is 0.0998. The summed E-state index contributed by atoms with van der Waals surface area (Å²) in [4.78, 5) is 25.7. The number of amides is 1. The first-order valence-corrected chi connectivity index (χ1v) is 7.45. The van der Waals surface area contributed by atoms with E-state index in [0.29, 0.717) is 38.1 Å². The molecule has 0 saturated carbocycles. The third-order valence-corrected chi connectivity index (χ3v) is 3.19. The van der Waals surface area contributed by atoms with Gasteiger partial charge < -0.3 is 20.1 Å². The summed E-state index contributed by atoms with van der Waals surface area (Å²) in [5.74, 6) is -0.443. The van der Waals surface area contributed by atoms with Gasteiger partial charge in [0.05, 0.1) is 12.2 Å². The van der Waals surface area contributed by atoms with Gasteiger partial charge in [0, 0.05) is 31.9 Å². The molecule has 1 aromatic heterocycles. The molecule has 1 heterocycles. The lowest BCUT2D eigenvalue weighted by Crippen LogP contribution is -2.36. The van der Waals surface area contributed by atoms with Crippen LogP contribution >= 0.6 is 0 Å². The van der Waals surface area contributed by atoms with Gasteiger partial charge in [0.1, 0.15) is 6.23 Å². The highest BCUT2D eigenvalue weighted by molar-refractivity contribution is 5.92. The van der Waals surface area contributed by atoms with Crippen molar-refractivity contribution >= 4 is 11.9 Å². The maximum Gasteiger partial charge on any atom is 0.340 e. The quantitative estimate of drug-likeness (QED) is 0.302. The molecule has 1 amide bonds. The number of ether oxygens (including phenoxy) is 1. The van der Waals surface area contributed by atoms with E-state index in [2.05, 4.69) is 15.6 Å². The molecule has 124 valence electrons. The Hall–Kier alpha value is -1.86. The van der Waals surface area contributed by atoms with Crippen molar-refractivity contribution in [3.05, 3.63) is 23.0 Å². The number of esters is 1. The van der Waals surface area contributed by atoms with Crippen molar-refractivity contribution < 1.29 is 19.4 Å². The number of aliphatic hydroxyl groups excluding tert-OH is 1. The first-order chi connectivity index (χ1) is 10.5. The van der Waals surface area contributed by atoms with Crippen molar-refractivity contribution in [2.45, 2.75) is 39.8 Å². The minimum Gasteiger partial charge on any atom is -0.462 e. The van der Waals surface area contributed by atoms with Gasteiger partial charge in [-0.3, -0.25) is 10.1 Å². The van der Waals surface area contributed by atoms with Crippen LogP contribution in [0.15, 0.2) is 6.20 Å². The molecule has 0 aliphatic carbocycles. The first-order valence-electron chi connectivity index (χ1n) is 7.45. The standard InChI is InChI=1S/C15H25N3O4/c1-4-22-15(21)14-10(2)9-18-12(14)5-6-13(20)17-8-7-16-11(3)19/h9,13,17-18,20H,4-8H2,1-3H3,(H,16,19). The average molecular weight is 311 g/mol. The highest BCUT2D eigenvalue weighted by Gasteiger charge is 2.18. The molecular weight excluding hydrogens is 286 g/mol. The van der Waals surface area contributed by atoms with Crippen LogP contribution in [0.5, 0.6) is 0 Å². The van der Waals surface area contributed by atoms with E-state index in [1.807, 2.05) is 6.92 Å². The summed E-state index contributed by atoms with van der Waals surface area (Å²) in [5.41, 5.74) is 2.15. The summed E-state index contributed by atoms with van der Waals surface area (Å²) in [6, 6.07) is 0. The van der Waals surface area contributed by atoms with Gasteiger partial charge >= 0.3 is 5.97 Å². The largest absolute Gasteiger partial charge is 0.462 e. The summed E-state index contributed by atoms with van der Waals surface area (Å²) >= 11 is 0. The van der Waals surface area contributed by atoms with Crippen LogP contribution in [0.1, 0.15) is 41.9 Å². The number of carbonyl (C=O) groups excluding carboxylic acids is 2. The van der Waals surface area contributed by atoms with Gasteiger partial charge in [0.2, 0.25) is 5.91 Å². The number of nitrogens with one attached hydrogen (secondary N) is 3. The Morgan fingerprint density at radius 1 is 1.41 bits per heavy atom. The Labute approximate surface area is 130 Å². The molecule has 0 bridgehead atoms. The van der Waals surface area contributed by atoms with Gasteiger partial charge in [-0.15, -0.1) is 0 Å². The Bertz CT molecular complexity index is 499. The number of aromatic amines is 1. The van der Waals surface area contributed by atoms with E-state index in [4.69, 9.17) is 4.74 Å². The van der Waals surface area contributed by atoms with E-state index in [9.17, 15) is 14.7 Å². The maximum atomic E-state index is 11.9. The van der Waals surface area contributed by atoms with Crippen LogP contribution in [0.25, 0.3) is 0 Å². The average Bonchev–Trinajstić information content (AvgIpc) is 2.82. The zero-order valence-electron chi connectivity index (χ0n) is 13.4. The molecule has 1 rings (SSSR count). The number of hydrogen-bond acceptors (Lipinski definition) is 5. The van der Waals surface area contributed by atoms with Crippen LogP contribution in [0.3, 0.4) is 0 Å². The number of rotatable bonds is 9. The highest BCUT2D eigenvalue weighted by atomic mass is 16.5. The lowest BCUT2D eigenvalue weighted by molar-refractivity contribution is -0.118. The van der Waals surface area contributed by atoms with E-state index in [1.54, 1.807) is 13.1 Å². The first kappa shape index (κ1) is 18.2. The molecule has 0 radical (unpaired) electrons. The van der Waals surface area contributed by atoms with Crippen molar-refractivity contribution in [3.63, 3.8) is 0 Å². The summed E-state index contributed by atoms with van der Waals surface area (Å²) in [7, 11) is 0. The van der Waals surface area contributed by atoms with Crippen molar-refractivity contribution in [1.82, 2.24) is 15.6 Å². The molecule has 1 unspecified atom stereocenters. The zero-order chi connectivity index (χ0) is 16.5. The summed E-state index contributed by atoms with van der Waals surface area (Å²) < 4.78 is 5.04. The molecule has 0 aromatic carbocycles. The lowest BCUT2D eigenvalue weighted by Gasteiger charge is -2.13. The fourth-order valence-corrected chi connectivity index (χ4v) is 2.12. The van der Waals surface area contributed by atoms with Gasteiger partial charge in [0.15, 0.2) is 0 Å². The fraction of sp³-hybridized carbons (Fsp3) is 0.600. The van der Waals surface area contributed by atoms with E-state index < -0.39 is 6.23 Å². The van der Waals surface area contributed by atoms with E-state index in [0.717, 1.165) is 11.3 Å². The molecule has 7 heteroatoms. The lowest BCUT2D eigenvalue weighted by atomic mass is 10.1. The highest BCUT2D eigenvalue weighted by Crippen LogP contribution is 2.16. The van der Waals surface area contributed by atoms with Crippen molar-refractivity contribution in [2.75, 3.05) is 19.7 Å². The summed E-state index contributed by atoms with van der Waals surface area (Å²) in [6.07, 6.45) is 2.04. The van der Waals surface area contributed by atoms with Gasteiger partial charge in [-0.25, -0.2) is 4.79 Å². The Balaban J connectivity index is 2.44. The van der Waals surface area contributed by atoms with Crippen LogP contribution < -0.4 is 10.6 Å². The van der Waals surface area contributed by atoms with Crippen LogP contribution in [-0.4, -0.2) is 47.9 Å². The third-order valence-electron chi connectivity index (χ3n) is 3.19. The van der Waals surface area contributed by atoms with E-state index >= 15 is 0 Å². The smallest absolute Gasteiger partial charge is 0.340 e. The zero-order valence-corrected chi connectivity index (χ0v) is 13.4. The topological polar surface area (TPSA) is 103 Å². The van der Waals surface area contributed by atoms with Crippen LogP contribution in [0, 0.1) is 6.92 Å². The fourth-order valence-electron chi connectivity index (χ4n) is 2.12. The Morgan fingerprint density at radius 3 is 2.77 bits per heavy atom. The minimum atomic E-state index is -0.701. The number of aromatic nitrogens is 1. The molecule has 1 atom stereocenters. The predicted octanol–water partition coefficient (Wildman–Crippen LogP) is 0.477. The van der Waals surface area contributed by atoms with Crippen LogP contribution in [0.2, 0.25) is 0 Å². The van der Waals surface area contributed by atoms with E-state index in [-0.39, 0.29) is 11.9 Å². The molecular formula is C15H25N3O4. The van der Waals surface area contributed by atoms with Crippen LogP contribution in [0.4, 0.5) is 0 Å². The summed E-state index contributed by atoms with van der Waals surface area (Å²) in [5, 5.41) is 15.4. The predicted molar refractivity (Wildman–Crippen MR) is 82.5 cm³/mol. The van der Waals surface area contributed by atoms with Crippen LogP contribution in [-0.2, 0) is 16.0 Å². The molecule has 4 N–H and O–H groups in total. The number of aryl methyl sites for hydroxylation is 2. The number of aliphatic hydroxyl groups is 1. The maximum absolute atomic E-state index is 11.9. The molecule has 0 fully saturated rings. The number of hydrogen-bond donors (Lipinski definition) is 4. The van der Waals surface area contributed by atoms with Gasteiger partial charge in [-0.1, -0.05) is 0 Å². The molecule has 1 aromatic rings. The van der Waals surface area contributed by atoms with Crippen molar-refractivity contribution in [2.24, 2.45) is 0 Å². The second-order valence-corrected chi connectivity index (χ2v) is 5.04. The summed E-state index contributed by atoms with van der Waals surface area (Å²) in [6.45, 7) is 6.32. The van der Waals surface area contributed by atoms with Crippen molar-refractivity contribution in [3.8, 4) is 0 Å².